The molecule has 0 spiro atoms. The summed E-state index contributed by atoms with van der Waals surface area (Å²) in [7, 11) is -2.44. The first-order chi connectivity index (χ1) is 17.3. The smallest absolute Gasteiger partial charge is 0.262 e. The van der Waals surface area contributed by atoms with Gasteiger partial charge >= 0.3 is 0 Å². The molecule has 10 heteroatoms. The summed E-state index contributed by atoms with van der Waals surface area (Å²) in [4.78, 5) is 21.9. The zero-order valence-corrected chi connectivity index (χ0v) is 21.4. The van der Waals surface area contributed by atoms with Crippen molar-refractivity contribution in [2.24, 2.45) is 0 Å². The summed E-state index contributed by atoms with van der Waals surface area (Å²) in [5, 5.41) is 1.08. The minimum absolute atomic E-state index is 0.0102. The number of hydrogen-bond donors (Lipinski definition) is 1. The number of ether oxygens (including phenoxy) is 1. The lowest BCUT2D eigenvalue weighted by molar-refractivity contribution is 0.0697. The second kappa shape index (κ2) is 9.57. The van der Waals surface area contributed by atoms with Crippen LogP contribution in [0.15, 0.2) is 65.8 Å². The van der Waals surface area contributed by atoms with Crippen LogP contribution < -0.4 is 4.74 Å². The van der Waals surface area contributed by atoms with Crippen molar-refractivity contribution in [3.05, 3.63) is 77.1 Å². The van der Waals surface area contributed by atoms with E-state index in [1.54, 1.807) is 41.4 Å². The van der Waals surface area contributed by atoms with E-state index in [-0.39, 0.29) is 42.9 Å². The SMILES string of the molecule is COc1c(S(=O)(=O)N2CCN(C(=O)c3ccc(-c4ccnc(C)c4)cc3)CC2)[nH]c2ccc(Cl)cc12. The fourth-order valence-corrected chi connectivity index (χ4v) is 6.21. The molecule has 0 saturated carbocycles. The number of piperazine rings is 1. The third-order valence-electron chi connectivity index (χ3n) is 6.37. The number of aromatic amines is 1. The van der Waals surface area contributed by atoms with Gasteiger partial charge in [0.25, 0.3) is 15.9 Å². The van der Waals surface area contributed by atoms with E-state index in [1.807, 2.05) is 31.2 Å². The van der Waals surface area contributed by atoms with Gasteiger partial charge in [0, 0.05) is 54.0 Å². The molecule has 1 N–H and O–H groups in total. The molecule has 5 rings (SSSR count). The number of methoxy groups -OCH3 is 1. The molecule has 2 aromatic heterocycles. The van der Waals surface area contributed by atoms with Crippen molar-refractivity contribution >= 4 is 38.4 Å². The molecule has 4 aromatic rings. The maximum atomic E-state index is 13.4. The van der Waals surface area contributed by atoms with Crippen LogP contribution in [0.1, 0.15) is 16.1 Å². The minimum Gasteiger partial charge on any atom is -0.493 e. The van der Waals surface area contributed by atoms with E-state index in [2.05, 4.69) is 9.97 Å². The molecule has 1 aliphatic heterocycles. The minimum atomic E-state index is -3.87. The Labute approximate surface area is 214 Å². The Hall–Kier alpha value is -3.40. The number of nitrogens with one attached hydrogen (secondary N) is 1. The van der Waals surface area contributed by atoms with E-state index in [0.717, 1.165) is 16.8 Å². The number of amides is 1. The zero-order chi connectivity index (χ0) is 25.4. The summed E-state index contributed by atoms with van der Waals surface area (Å²) in [6, 6.07) is 16.4. The number of hydrogen-bond acceptors (Lipinski definition) is 5. The molecular formula is C26H25ClN4O4S. The molecule has 186 valence electrons. The summed E-state index contributed by atoms with van der Waals surface area (Å²) in [5.41, 5.74) is 4.15. The molecule has 1 amide bonds. The van der Waals surface area contributed by atoms with Crippen LogP contribution in [0.2, 0.25) is 5.02 Å². The van der Waals surface area contributed by atoms with Crippen LogP contribution >= 0.6 is 11.6 Å². The number of benzene rings is 2. The van der Waals surface area contributed by atoms with Crippen molar-refractivity contribution in [1.82, 2.24) is 19.2 Å². The highest BCUT2D eigenvalue weighted by Gasteiger charge is 2.34. The third kappa shape index (κ3) is 4.45. The summed E-state index contributed by atoms with van der Waals surface area (Å²) in [6.07, 6.45) is 1.76. The van der Waals surface area contributed by atoms with Crippen LogP contribution in [-0.4, -0.2) is 66.8 Å². The largest absolute Gasteiger partial charge is 0.493 e. The van der Waals surface area contributed by atoms with E-state index in [9.17, 15) is 13.2 Å². The molecule has 8 nitrogen and oxygen atoms in total. The average molecular weight is 525 g/mol. The van der Waals surface area contributed by atoms with Gasteiger partial charge < -0.3 is 14.6 Å². The van der Waals surface area contributed by atoms with Crippen LogP contribution in [0, 0.1) is 6.92 Å². The van der Waals surface area contributed by atoms with Crippen molar-refractivity contribution in [3.8, 4) is 16.9 Å². The Morgan fingerprint density at radius 3 is 2.39 bits per heavy atom. The van der Waals surface area contributed by atoms with E-state index in [0.29, 0.717) is 21.5 Å². The van der Waals surface area contributed by atoms with Crippen molar-refractivity contribution in [2.45, 2.75) is 11.9 Å². The Morgan fingerprint density at radius 1 is 1.00 bits per heavy atom. The van der Waals surface area contributed by atoms with Crippen LogP contribution in [0.25, 0.3) is 22.0 Å². The molecule has 0 atom stereocenters. The monoisotopic (exact) mass is 524 g/mol. The summed E-state index contributed by atoms with van der Waals surface area (Å²) < 4.78 is 33.7. The highest BCUT2D eigenvalue weighted by molar-refractivity contribution is 7.89. The topological polar surface area (TPSA) is 95.6 Å². The van der Waals surface area contributed by atoms with Crippen LogP contribution in [-0.2, 0) is 10.0 Å². The van der Waals surface area contributed by atoms with Gasteiger partial charge in [-0.25, -0.2) is 8.42 Å². The second-order valence-electron chi connectivity index (χ2n) is 8.64. The van der Waals surface area contributed by atoms with E-state index in [1.165, 1.54) is 11.4 Å². The summed E-state index contributed by atoms with van der Waals surface area (Å²) >= 11 is 6.09. The van der Waals surface area contributed by atoms with Gasteiger partial charge in [-0.05, 0) is 60.5 Å². The lowest BCUT2D eigenvalue weighted by Gasteiger charge is -2.33. The molecule has 0 unspecified atom stereocenters. The maximum absolute atomic E-state index is 13.4. The first kappa shape index (κ1) is 24.3. The predicted octanol–water partition coefficient (Wildman–Crippen LogP) is 4.35. The highest BCUT2D eigenvalue weighted by atomic mass is 35.5. The first-order valence-corrected chi connectivity index (χ1v) is 13.3. The third-order valence-corrected chi connectivity index (χ3v) is 8.45. The molecule has 3 heterocycles. The standard InChI is InChI=1S/C26H25ClN4O4S/c1-17-15-20(9-10-28-17)18-3-5-19(6-4-18)26(32)30-11-13-31(14-12-30)36(33,34)25-24(35-2)22-16-21(27)7-8-23(22)29-25/h3-10,15-16,29H,11-14H2,1-2H3. The number of aromatic nitrogens is 2. The van der Waals surface area contributed by atoms with E-state index < -0.39 is 10.0 Å². The number of carbonyl (C=O) groups is 1. The van der Waals surface area contributed by atoms with Gasteiger partial charge in [0.15, 0.2) is 10.8 Å². The summed E-state index contributed by atoms with van der Waals surface area (Å²) in [6.45, 7) is 2.88. The van der Waals surface area contributed by atoms with Crippen LogP contribution in [0.5, 0.6) is 5.75 Å². The fraction of sp³-hybridized carbons (Fsp3) is 0.231. The number of fused-ring (bicyclic) bond motifs is 1. The lowest BCUT2D eigenvalue weighted by atomic mass is 10.0. The Balaban J connectivity index is 1.30. The van der Waals surface area contributed by atoms with Crippen molar-refractivity contribution in [3.63, 3.8) is 0 Å². The molecule has 1 fully saturated rings. The fourth-order valence-electron chi connectivity index (χ4n) is 4.47. The van der Waals surface area contributed by atoms with Crippen molar-refractivity contribution in [2.75, 3.05) is 33.3 Å². The van der Waals surface area contributed by atoms with Gasteiger partial charge in [-0.15, -0.1) is 0 Å². The van der Waals surface area contributed by atoms with E-state index >= 15 is 0 Å². The normalized spacial score (nSPS) is 14.8. The van der Waals surface area contributed by atoms with Gasteiger partial charge in [-0.3, -0.25) is 9.78 Å². The molecule has 0 aliphatic carbocycles. The number of aryl methyl sites for hydroxylation is 1. The van der Waals surface area contributed by atoms with Crippen LogP contribution in [0.3, 0.4) is 0 Å². The van der Waals surface area contributed by atoms with Gasteiger partial charge in [0.1, 0.15) is 0 Å². The molecule has 1 aliphatic rings. The molecule has 2 aromatic carbocycles. The van der Waals surface area contributed by atoms with Gasteiger partial charge in [0.05, 0.1) is 12.6 Å². The number of carbonyl (C=O) groups excluding carboxylic acids is 1. The van der Waals surface area contributed by atoms with Gasteiger partial charge in [-0.2, -0.15) is 4.31 Å². The Bertz CT molecular complexity index is 1540. The average Bonchev–Trinajstić information content (AvgIpc) is 3.27. The number of nitrogens with zero attached hydrogens (tertiary/aromatic N) is 3. The Morgan fingerprint density at radius 2 is 1.72 bits per heavy atom. The maximum Gasteiger partial charge on any atom is 0.262 e. The number of rotatable bonds is 5. The lowest BCUT2D eigenvalue weighted by Crippen LogP contribution is -2.50. The summed E-state index contributed by atoms with van der Waals surface area (Å²) in [5.74, 6) is 0.109. The van der Waals surface area contributed by atoms with Gasteiger partial charge in [0.2, 0.25) is 0 Å². The number of halogens is 1. The van der Waals surface area contributed by atoms with Gasteiger partial charge in [-0.1, -0.05) is 23.7 Å². The Kier molecular flexibility index (Phi) is 6.46. The highest BCUT2D eigenvalue weighted by Crippen LogP contribution is 2.36. The zero-order valence-electron chi connectivity index (χ0n) is 19.9. The predicted molar refractivity (Wildman–Crippen MR) is 139 cm³/mol. The van der Waals surface area contributed by atoms with Crippen molar-refractivity contribution < 1.29 is 17.9 Å². The number of pyridine rings is 1. The molecular weight excluding hydrogens is 500 g/mol. The second-order valence-corrected chi connectivity index (χ2v) is 10.9. The van der Waals surface area contributed by atoms with Crippen molar-refractivity contribution in [1.29, 1.82) is 0 Å². The number of sulfonamides is 1. The quantitative estimate of drug-likeness (QED) is 0.419. The van der Waals surface area contributed by atoms with Crippen LogP contribution in [0.4, 0.5) is 0 Å². The van der Waals surface area contributed by atoms with E-state index in [4.69, 9.17) is 16.3 Å². The molecule has 36 heavy (non-hydrogen) atoms. The first-order valence-electron chi connectivity index (χ1n) is 11.5. The molecule has 0 bridgehead atoms. The molecule has 1 saturated heterocycles. The molecule has 0 radical (unpaired) electrons. The number of H-pyrrole nitrogens is 1.